The number of anilines is 1. The molecule has 0 heterocycles. The van der Waals surface area contributed by atoms with Crippen LogP contribution in [0.5, 0.6) is 5.75 Å². The normalized spacial score (nSPS) is 11.7. The number of nitrogens with one attached hydrogen (secondary N) is 1. The van der Waals surface area contributed by atoms with E-state index >= 15 is 0 Å². The van der Waals surface area contributed by atoms with E-state index in [1.807, 2.05) is 61.5 Å². The summed E-state index contributed by atoms with van der Waals surface area (Å²) in [4.78, 5) is 12.9. The van der Waals surface area contributed by atoms with Gasteiger partial charge in [-0.1, -0.05) is 57.3 Å². The van der Waals surface area contributed by atoms with Crippen molar-refractivity contribution in [1.82, 2.24) is 0 Å². The Morgan fingerprint density at radius 1 is 1.00 bits per heavy atom. The first-order valence-electron chi connectivity index (χ1n) is 9.19. The Balaban J connectivity index is 1.85. The lowest BCUT2D eigenvalue weighted by Crippen LogP contribution is -2.16. The zero-order valence-electron chi connectivity index (χ0n) is 15.8. The van der Waals surface area contributed by atoms with E-state index < -0.39 is 0 Å². The van der Waals surface area contributed by atoms with Gasteiger partial charge in [0.05, 0.1) is 22.7 Å². The number of halogens is 3. The van der Waals surface area contributed by atoms with Crippen molar-refractivity contribution in [1.29, 1.82) is 0 Å². The Bertz CT molecular complexity index is 975. The van der Waals surface area contributed by atoms with Gasteiger partial charge in [-0.25, -0.2) is 0 Å². The van der Waals surface area contributed by atoms with Crippen LogP contribution >= 0.6 is 39.1 Å². The molecule has 3 rings (SSSR count). The molecule has 0 aliphatic carbocycles. The van der Waals surface area contributed by atoms with Gasteiger partial charge in [0.25, 0.3) is 0 Å². The highest BCUT2D eigenvalue weighted by atomic mass is 79.9. The SMILES string of the molecule is CCOc1ccc(NC(CC(=O)c2ccc(Br)cc2)c2ccc(Cl)c(Cl)c2)cc1. The predicted octanol–water partition coefficient (Wildman–Crippen LogP) is 7.58. The Morgan fingerprint density at radius 2 is 1.69 bits per heavy atom. The quantitative estimate of drug-likeness (QED) is 0.329. The zero-order valence-corrected chi connectivity index (χ0v) is 18.9. The van der Waals surface area contributed by atoms with Crippen molar-refractivity contribution in [3.63, 3.8) is 0 Å². The topological polar surface area (TPSA) is 38.3 Å². The van der Waals surface area contributed by atoms with Crippen molar-refractivity contribution in [2.75, 3.05) is 11.9 Å². The molecular weight excluding hydrogens is 473 g/mol. The van der Waals surface area contributed by atoms with E-state index in [-0.39, 0.29) is 18.2 Å². The second-order valence-electron chi connectivity index (χ2n) is 6.46. The molecule has 1 N–H and O–H groups in total. The van der Waals surface area contributed by atoms with Gasteiger partial charge < -0.3 is 10.1 Å². The number of carbonyl (C=O) groups is 1. The summed E-state index contributed by atoms with van der Waals surface area (Å²) in [6.45, 7) is 2.56. The monoisotopic (exact) mass is 491 g/mol. The summed E-state index contributed by atoms with van der Waals surface area (Å²) < 4.78 is 6.43. The Hall–Kier alpha value is -2.01. The molecule has 0 saturated heterocycles. The third-order valence-electron chi connectivity index (χ3n) is 4.41. The minimum Gasteiger partial charge on any atom is -0.494 e. The molecule has 0 radical (unpaired) electrons. The van der Waals surface area contributed by atoms with Crippen LogP contribution < -0.4 is 10.1 Å². The summed E-state index contributed by atoms with van der Waals surface area (Å²) in [6, 6.07) is 20.2. The largest absolute Gasteiger partial charge is 0.494 e. The van der Waals surface area contributed by atoms with Crippen molar-refractivity contribution in [2.45, 2.75) is 19.4 Å². The number of benzene rings is 3. The predicted molar refractivity (Wildman–Crippen MR) is 124 cm³/mol. The van der Waals surface area contributed by atoms with Crippen molar-refractivity contribution in [2.24, 2.45) is 0 Å². The first-order valence-corrected chi connectivity index (χ1v) is 10.7. The van der Waals surface area contributed by atoms with Crippen molar-refractivity contribution in [3.05, 3.63) is 92.4 Å². The zero-order chi connectivity index (χ0) is 20.8. The smallest absolute Gasteiger partial charge is 0.165 e. The third-order valence-corrected chi connectivity index (χ3v) is 5.68. The lowest BCUT2D eigenvalue weighted by atomic mass is 9.97. The molecule has 1 atom stereocenters. The van der Waals surface area contributed by atoms with E-state index in [9.17, 15) is 4.79 Å². The molecule has 0 saturated carbocycles. The molecule has 0 fully saturated rings. The molecule has 3 aromatic rings. The fourth-order valence-corrected chi connectivity index (χ4v) is 3.51. The summed E-state index contributed by atoms with van der Waals surface area (Å²) in [5.41, 5.74) is 2.43. The molecule has 150 valence electrons. The van der Waals surface area contributed by atoms with Crippen molar-refractivity contribution in [3.8, 4) is 5.75 Å². The standard InChI is InChI=1S/C23H20BrCl2NO2/c1-2-29-19-10-8-18(9-11-19)27-22(16-5-12-20(25)21(26)13-16)14-23(28)15-3-6-17(24)7-4-15/h3-13,22,27H,2,14H2,1H3. The summed E-state index contributed by atoms with van der Waals surface area (Å²) in [6.07, 6.45) is 0.271. The van der Waals surface area contributed by atoms with Crippen LogP contribution in [0.2, 0.25) is 10.0 Å². The highest BCUT2D eigenvalue weighted by Gasteiger charge is 2.18. The van der Waals surface area contributed by atoms with Crippen LogP contribution in [-0.4, -0.2) is 12.4 Å². The number of hydrogen-bond acceptors (Lipinski definition) is 3. The van der Waals surface area contributed by atoms with E-state index in [1.54, 1.807) is 12.1 Å². The highest BCUT2D eigenvalue weighted by molar-refractivity contribution is 9.10. The van der Waals surface area contributed by atoms with Gasteiger partial charge in [-0.05, 0) is 61.0 Å². The first kappa shape index (κ1) is 21.7. The van der Waals surface area contributed by atoms with Gasteiger partial charge in [0.2, 0.25) is 0 Å². The van der Waals surface area contributed by atoms with Gasteiger partial charge in [0.15, 0.2) is 5.78 Å². The maximum atomic E-state index is 12.9. The highest BCUT2D eigenvalue weighted by Crippen LogP contribution is 2.30. The van der Waals surface area contributed by atoms with Gasteiger partial charge in [0, 0.05) is 22.1 Å². The number of ketones is 1. The van der Waals surface area contributed by atoms with Crippen LogP contribution in [0.1, 0.15) is 35.3 Å². The van der Waals surface area contributed by atoms with Gasteiger partial charge in [-0.15, -0.1) is 0 Å². The number of carbonyl (C=O) groups excluding carboxylic acids is 1. The summed E-state index contributed by atoms with van der Waals surface area (Å²) in [7, 11) is 0. The van der Waals surface area contributed by atoms with Crippen LogP contribution in [0.15, 0.2) is 71.2 Å². The number of rotatable bonds is 8. The second-order valence-corrected chi connectivity index (χ2v) is 8.19. The number of Topliss-reactive ketones (excluding diaryl/α,β-unsaturated/α-hetero) is 1. The number of hydrogen-bond donors (Lipinski definition) is 1. The molecule has 0 aliphatic rings. The summed E-state index contributed by atoms with van der Waals surface area (Å²) in [5.74, 6) is 0.835. The fraction of sp³-hybridized carbons (Fsp3) is 0.174. The Morgan fingerprint density at radius 3 is 2.31 bits per heavy atom. The minimum absolute atomic E-state index is 0.0343. The lowest BCUT2D eigenvalue weighted by Gasteiger charge is -2.21. The average Bonchev–Trinajstić information content (AvgIpc) is 2.71. The van der Waals surface area contributed by atoms with E-state index in [0.29, 0.717) is 22.2 Å². The molecule has 1 unspecified atom stereocenters. The maximum Gasteiger partial charge on any atom is 0.165 e. The molecule has 3 nitrogen and oxygen atoms in total. The van der Waals surface area contributed by atoms with E-state index in [0.717, 1.165) is 21.5 Å². The second kappa shape index (κ2) is 10.1. The fourth-order valence-electron chi connectivity index (χ4n) is 2.94. The minimum atomic E-state index is -0.265. The summed E-state index contributed by atoms with van der Waals surface area (Å²) in [5, 5.41) is 4.37. The van der Waals surface area contributed by atoms with Gasteiger partial charge >= 0.3 is 0 Å². The molecule has 6 heteroatoms. The molecule has 3 aromatic carbocycles. The average molecular weight is 493 g/mol. The Kier molecular flexibility index (Phi) is 7.59. The van der Waals surface area contributed by atoms with Crippen LogP contribution in [-0.2, 0) is 0 Å². The summed E-state index contributed by atoms with van der Waals surface area (Å²) >= 11 is 15.7. The molecule has 29 heavy (non-hydrogen) atoms. The van der Waals surface area contributed by atoms with E-state index in [1.165, 1.54) is 0 Å². The van der Waals surface area contributed by atoms with Gasteiger partial charge in [-0.3, -0.25) is 4.79 Å². The van der Waals surface area contributed by atoms with Crippen molar-refractivity contribution < 1.29 is 9.53 Å². The van der Waals surface area contributed by atoms with Crippen LogP contribution in [0.3, 0.4) is 0 Å². The van der Waals surface area contributed by atoms with Crippen LogP contribution in [0.4, 0.5) is 5.69 Å². The van der Waals surface area contributed by atoms with Crippen LogP contribution in [0.25, 0.3) is 0 Å². The van der Waals surface area contributed by atoms with E-state index in [4.69, 9.17) is 27.9 Å². The first-order chi connectivity index (χ1) is 14.0. The molecule has 0 amide bonds. The third kappa shape index (κ3) is 5.99. The van der Waals surface area contributed by atoms with Gasteiger partial charge in [0.1, 0.15) is 5.75 Å². The van der Waals surface area contributed by atoms with Crippen LogP contribution in [0, 0.1) is 0 Å². The molecule has 0 bridgehead atoms. The number of ether oxygens (including phenoxy) is 1. The van der Waals surface area contributed by atoms with E-state index in [2.05, 4.69) is 21.2 Å². The lowest BCUT2D eigenvalue weighted by molar-refractivity contribution is 0.0976. The maximum absolute atomic E-state index is 12.9. The molecule has 0 aliphatic heterocycles. The van der Waals surface area contributed by atoms with Gasteiger partial charge in [-0.2, -0.15) is 0 Å². The Labute approximate surface area is 189 Å². The van der Waals surface area contributed by atoms with Crippen molar-refractivity contribution >= 4 is 50.6 Å². The molecule has 0 aromatic heterocycles. The molecule has 0 spiro atoms. The molecular formula is C23H20BrCl2NO2.